The number of hydrogen-bond donors (Lipinski definition) is 2. The number of allylic oxidation sites excluding steroid dienone is 4. The summed E-state index contributed by atoms with van der Waals surface area (Å²) >= 11 is -4.91. The molecule has 0 aliphatic carbocycles. The molecule has 0 atom stereocenters. The van der Waals surface area contributed by atoms with Gasteiger partial charge >= 0.3 is 260 Å². The van der Waals surface area contributed by atoms with Crippen molar-refractivity contribution in [3.05, 3.63) is 78.0 Å². The standard InChI is InChI=1S/C36H46AsN4O2/c1-9-21-22(10-2)30-18-34-27(15-7)28(16-8)36-20-32-24(12-4)23(11-3)31(39-32)19-35-26(14-6)25(13-5)33(17-29(21)38-30)40(35)37(42,43)41(34)36/h17-20,42-43H,9-16H2,1-8H3/q+1. The molecule has 0 spiro atoms. The molecule has 0 aromatic carbocycles. The number of aromatic nitrogens is 2. The molecule has 0 saturated carbocycles. The summed E-state index contributed by atoms with van der Waals surface area (Å²) in [5.41, 5.74) is 15.3. The molecule has 4 aliphatic heterocycles. The fourth-order valence-corrected chi connectivity index (χ4v) is 12.2. The third-order valence-electron chi connectivity index (χ3n) is 9.78. The van der Waals surface area contributed by atoms with Crippen molar-refractivity contribution >= 4 is 50.4 Å². The van der Waals surface area contributed by atoms with Crippen LogP contribution in [0.5, 0.6) is 0 Å². The molecule has 6 bridgehead atoms. The molecular formula is C36H46AsN4O2+. The fraction of sp³-hybridized carbons (Fsp3) is 0.444. The Labute approximate surface area is 259 Å². The molecule has 0 saturated heterocycles. The van der Waals surface area contributed by atoms with Gasteiger partial charge in [0, 0.05) is 0 Å². The predicted molar refractivity (Wildman–Crippen MR) is 182 cm³/mol. The second-order valence-corrected chi connectivity index (χ2v) is 15.6. The molecule has 0 unspecified atom stereocenters. The first-order valence-electron chi connectivity index (χ1n) is 16.4. The molecule has 7 heteroatoms. The molecule has 6 heterocycles. The van der Waals surface area contributed by atoms with Gasteiger partial charge in [-0.2, -0.15) is 0 Å². The van der Waals surface area contributed by atoms with Crippen molar-refractivity contribution < 1.29 is 8.19 Å². The molecule has 226 valence electrons. The van der Waals surface area contributed by atoms with Crippen molar-refractivity contribution in [3.63, 3.8) is 0 Å². The van der Waals surface area contributed by atoms with E-state index in [1.165, 1.54) is 44.5 Å². The van der Waals surface area contributed by atoms with E-state index in [-0.39, 0.29) is 0 Å². The van der Waals surface area contributed by atoms with Crippen LogP contribution in [0.2, 0.25) is 0 Å². The Kier molecular flexibility index (Phi) is 7.86. The molecule has 0 fully saturated rings. The summed E-state index contributed by atoms with van der Waals surface area (Å²) in [6, 6.07) is 0. The second kappa shape index (κ2) is 11.2. The number of aliphatic imine (C=N–C) groups is 2. The van der Waals surface area contributed by atoms with Crippen LogP contribution in [0.4, 0.5) is 0 Å². The van der Waals surface area contributed by atoms with Crippen LogP contribution in [0, 0.1) is 0 Å². The summed E-state index contributed by atoms with van der Waals surface area (Å²) in [6.07, 6.45) is 15.3. The van der Waals surface area contributed by atoms with E-state index in [1.54, 1.807) is 0 Å². The second-order valence-electron chi connectivity index (χ2n) is 11.7. The first-order valence-corrected chi connectivity index (χ1v) is 19.7. The molecule has 2 N–H and O–H groups in total. The van der Waals surface area contributed by atoms with Crippen LogP contribution in [-0.4, -0.2) is 41.3 Å². The Morgan fingerprint density at radius 1 is 0.488 bits per heavy atom. The summed E-state index contributed by atoms with van der Waals surface area (Å²) in [4.78, 5) is 10.6. The van der Waals surface area contributed by atoms with Crippen LogP contribution in [0.3, 0.4) is 0 Å². The SMILES string of the molecule is CCC1=C(CC)C2=NC1=Cc1c(CC)c(CC)c3n1[As+](O)(O)n1c(c(CC)c(CC)c1=CC1=NC(=C3)C(CC)=C1CC)=C2. The molecule has 6 rings (SSSR count). The van der Waals surface area contributed by atoms with E-state index >= 15 is 0 Å². The molecule has 0 amide bonds. The summed E-state index contributed by atoms with van der Waals surface area (Å²) in [5.74, 6) is 0. The number of hydrogen-bond acceptors (Lipinski definition) is 4. The van der Waals surface area contributed by atoms with Crippen molar-refractivity contribution in [1.82, 2.24) is 6.97 Å². The fourth-order valence-electron chi connectivity index (χ4n) is 7.95. The Morgan fingerprint density at radius 3 is 1.19 bits per heavy atom. The van der Waals surface area contributed by atoms with Crippen molar-refractivity contribution in [1.29, 1.82) is 0 Å². The van der Waals surface area contributed by atoms with Crippen LogP contribution < -0.4 is 10.7 Å². The molecular weight excluding hydrogens is 595 g/mol. The first kappa shape index (κ1) is 30.1. The van der Waals surface area contributed by atoms with Gasteiger partial charge in [-0.25, -0.2) is 0 Å². The van der Waals surface area contributed by atoms with Gasteiger partial charge in [0.1, 0.15) is 0 Å². The van der Waals surface area contributed by atoms with Crippen molar-refractivity contribution in [2.75, 3.05) is 0 Å². The minimum absolute atomic E-state index is 0.791. The summed E-state index contributed by atoms with van der Waals surface area (Å²) in [6.45, 7) is 17.5. The van der Waals surface area contributed by atoms with Gasteiger partial charge in [-0.1, -0.05) is 0 Å². The Balaban J connectivity index is 1.96. The number of rotatable bonds is 8. The molecule has 2 aromatic heterocycles. The van der Waals surface area contributed by atoms with Gasteiger partial charge in [0.25, 0.3) is 0 Å². The van der Waals surface area contributed by atoms with E-state index in [0.29, 0.717) is 0 Å². The zero-order valence-electron chi connectivity index (χ0n) is 27.1. The Bertz CT molecular complexity index is 1740. The molecule has 4 aliphatic rings. The van der Waals surface area contributed by atoms with Crippen LogP contribution in [-0.2, 0) is 25.7 Å². The quantitative estimate of drug-likeness (QED) is 0.360. The van der Waals surface area contributed by atoms with Gasteiger partial charge in [-0.3, -0.25) is 0 Å². The zero-order chi connectivity index (χ0) is 30.8. The van der Waals surface area contributed by atoms with Gasteiger partial charge < -0.3 is 0 Å². The van der Waals surface area contributed by atoms with E-state index in [4.69, 9.17) is 9.98 Å². The van der Waals surface area contributed by atoms with E-state index in [2.05, 4.69) is 79.7 Å². The van der Waals surface area contributed by atoms with Crippen LogP contribution >= 0.6 is 0 Å². The van der Waals surface area contributed by atoms with Gasteiger partial charge in [0.2, 0.25) is 0 Å². The average molecular weight is 642 g/mol. The van der Waals surface area contributed by atoms with Crippen molar-refractivity contribution in [2.24, 2.45) is 9.98 Å². The van der Waals surface area contributed by atoms with Crippen LogP contribution in [0.1, 0.15) is 115 Å². The topological polar surface area (TPSA) is 75.0 Å². The molecule has 0 radical (unpaired) electrons. The minimum atomic E-state index is -4.91. The normalized spacial score (nSPS) is 18.3. The van der Waals surface area contributed by atoms with E-state index in [1.807, 2.05) is 6.97 Å². The Morgan fingerprint density at radius 2 is 0.860 bits per heavy atom. The molecule has 43 heavy (non-hydrogen) atoms. The van der Waals surface area contributed by atoms with Crippen molar-refractivity contribution in [3.8, 4) is 0 Å². The third kappa shape index (κ3) is 4.20. The van der Waals surface area contributed by atoms with Crippen LogP contribution in [0.25, 0.3) is 24.3 Å². The summed E-state index contributed by atoms with van der Waals surface area (Å²) in [5, 5.41) is 1.77. The van der Waals surface area contributed by atoms with Crippen molar-refractivity contribution in [2.45, 2.75) is 107 Å². The van der Waals surface area contributed by atoms with E-state index < -0.39 is 14.7 Å². The number of nitrogens with zero attached hydrogens (tertiary/aromatic N) is 4. The monoisotopic (exact) mass is 641 g/mol. The molecule has 2 aromatic rings. The van der Waals surface area contributed by atoms with E-state index in [9.17, 15) is 8.19 Å². The maximum atomic E-state index is 12.9. The van der Waals surface area contributed by atoms with Crippen LogP contribution in [0.15, 0.2) is 43.7 Å². The summed E-state index contributed by atoms with van der Waals surface area (Å²) in [7, 11) is 0. The summed E-state index contributed by atoms with van der Waals surface area (Å²) < 4.78 is 29.7. The zero-order valence-corrected chi connectivity index (χ0v) is 29.0. The first-order chi connectivity index (χ1) is 20.7. The third-order valence-corrected chi connectivity index (χ3v) is 13.8. The van der Waals surface area contributed by atoms with Gasteiger partial charge in [0.05, 0.1) is 0 Å². The maximum absolute atomic E-state index is 12.9. The predicted octanol–water partition coefficient (Wildman–Crippen LogP) is 5.77. The van der Waals surface area contributed by atoms with Gasteiger partial charge in [-0.15, -0.1) is 0 Å². The van der Waals surface area contributed by atoms with Gasteiger partial charge in [0.15, 0.2) is 0 Å². The molecule has 6 nitrogen and oxygen atoms in total. The van der Waals surface area contributed by atoms with Gasteiger partial charge in [-0.05, 0) is 0 Å². The Hall–Kier alpha value is -2.92. The number of fused-ring (bicyclic) bond motifs is 2. The average Bonchev–Trinajstić information content (AvgIpc) is 3.69. The van der Waals surface area contributed by atoms with E-state index in [0.717, 1.165) is 96.3 Å².